The van der Waals surface area contributed by atoms with Crippen LogP contribution in [0.25, 0.3) is 0 Å². The van der Waals surface area contributed by atoms with E-state index >= 15 is 0 Å². The zero-order chi connectivity index (χ0) is 15.5. The molecule has 0 radical (unpaired) electrons. The van der Waals surface area contributed by atoms with Crippen LogP contribution in [-0.2, 0) is 11.3 Å². The highest BCUT2D eigenvalue weighted by Crippen LogP contribution is 2.48. The lowest BCUT2D eigenvalue weighted by Gasteiger charge is -2.34. The Morgan fingerprint density at radius 1 is 1.29 bits per heavy atom. The third-order valence-corrected chi connectivity index (χ3v) is 3.57. The van der Waals surface area contributed by atoms with Crippen LogP contribution in [0, 0.1) is 5.92 Å². The third kappa shape index (κ3) is 3.47. The third-order valence-electron chi connectivity index (χ3n) is 3.57. The maximum atomic E-state index is 13.2. The van der Waals surface area contributed by atoms with Crippen LogP contribution in [0.1, 0.15) is 18.4 Å². The van der Waals surface area contributed by atoms with E-state index in [-0.39, 0.29) is 6.61 Å². The van der Waals surface area contributed by atoms with Gasteiger partial charge in [0.1, 0.15) is 6.61 Å². The molecule has 0 saturated heterocycles. The first-order chi connectivity index (χ1) is 9.89. The van der Waals surface area contributed by atoms with Crippen LogP contribution in [0.2, 0.25) is 0 Å². The molecule has 1 fully saturated rings. The molecule has 1 unspecified atom stereocenters. The van der Waals surface area contributed by atoms with Crippen LogP contribution in [-0.4, -0.2) is 29.5 Å². The van der Waals surface area contributed by atoms with Gasteiger partial charge in [0.2, 0.25) is 0 Å². The van der Waals surface area contributed by atoms with Gasteiger partial charge < -0.3 is 15.2 Å². The largest absolute Gasteiger partial charge is 0.445 e. The molecule has 0 heterocycles. The quantitative estimate of drug-likeness (QED) is 0.879. The van der Waals surface area contributed by atoms with Crippen molar-refractivity contribution in [2.75, 3.05) is 6.61 Å². The second-order valence-electron chi connectivity index (χ2n) is 5.09. The Hall–Kier alpha value is -1.76. The number of halogens is 3. The Balaban J connectivity index is 1.99. The summed E-state index contributed by atoms with van der Waals surface area (Å²) in [5.41, 5.74) is -1.94. The molecule has 0 aliphatic heterocycles. The van der Waals surface area contributed by atoms with Gasteiger partial charge in [-0.1, -0.05) is 30.3 Å². The summed E-state index contributed by atoms with van der Waals surface area (Å²) in [5.74, 6) is -0.799. The van der Waals surface area contributed by atoms with Gasteiger partial charge in [-0.2, -0.15) is 13.2 Å². The number of alkyl carbamates (subject to hydrolysis) is 1. The highest BCUT2D eigenvalue weighted by Gasteiger charge is 2.63. The normalized spacial score (nSPS) is 17.9. The number of carbonyl (C=O) groups excluding carboxylic acids is 1. The highest BCUT2D eigenvalue weighted by atomic mass is 19.4. The molecule has 1 atom stereocenters. The van der Waals surface area contributed by atoms with Crippen molar-refractivity contribution < 1.29 is 27.8 Å². The van der Waals surface area contributed by atoms with Crippen molar-refractivity contribution >= 4 is 6.09 Å². The second kappa shape index (κ2) is 5.93. The smallest absolute Gasteiger partial charge is 0.414 e. The van der Waals surface area contributed by atoms with Crippen molar-refractivity contribution in [1.82, 2.24) is 5.32 Å². The summed E-state index contributed by atoms with van der Waals surface area (Å²) in [6.07, 6.45) is -5.27. The molecule has 0 spiro atoms. The summed E-state index contributed by atoms with van der Waals surface area (Å²) in [6.45, 7) is -1.32. The van der Waals surface area contributed by atoms with Crippen LogP contribution in [0.15, 0.2) is 30.3 Å². The molecule has 1 aliphatic carbocycles. The fourth-order valence-electron chi connectivity index (χ4n) is 2.18. The molecule has 2 rings (SSSR count). The fraction of sp³-hybridized carbons (Fsp3) is 0.500. The molecule has 21 heavy (non-hydrogen) atoms. The van der Waals surface area contributed by atoms with Gasteiger partial charge in [0, 0.05) is 0 Å². The van der Waals surface area contributed by atoms with Gasteiger partial charge in [-0.25, -0.2) is 4.79 Å². The molecule has 2 N–H and O–H groups in total. The molecule has 0 aromatic heterocycles. The molecule has 1 aliphatic rings. The molecule has 1 aromatic rings. The Kier molecular flexibility index (Phi) is 4.41. The first-order valence-electron chi connectivity index (χ1n) is 6.55. The van der Waals surface area contributed by atoms with E-state index < -0.39 is 30.3 Å². The standard InChI is InChI=1S/C14H16F3NO3/c15-14(16,17)13(9-19,11-6-7-11)18-12(20)21-8-10-4-2-1-3-5-10/h1-5,11,19H,6-9H2,(H,18,20). The average molecular weight is 303 g/mol. The van der Waals surface area contributed by atoms with Crippen LogP contribution in [0.4, 0.5) is 18.0 Å². The molecule has 0 bridgehead atoms. The molecular weight excluding hydrogens is 287 g/mol. The van der Waals surface area contributed by atoms with Crippen molar-refractivity contribution in [2.45, 2.75) is 31.2 Å². The first-order valence-corrected chi connectivity index (χ1v) is 6.55. The summed E-state index contributed by atoms with van der Waals surface area (Å²) in [7, 11) is 0. The topological polar surface area (TPSA) is 58.6 Å². The van der Waals surface area contributed by atoms with Gasteiger partial charge in [-0.05, 0) is 24.3 Å². The SMILES string of the molecule is O=C(NC(CO)(C1CC1)C(F)(F)F)OCc1ccccc1. The van der Waals surface area contributed by atoms with Crippen molar-refractivity contribution in [3.63, 3.8) is 0 Å². The molecule has 4 nitrogen and oxygen atoms in total. The summed E-state index contributed by atoms with van der Waals surface area (Å²) >= 11 is 0. The highest BCUT2D eigenvalue weighted by molar-refractivity contribution is 5.68. The maximum absolute atomic E-state index is 13.2. The minimum atomic E-state index is -4.73. The Morgan fingerprint density at radius 2 is 1.90 bits per heavy atom. The number of amides is 1. The van der Waals surface area contributed by atoms with Crippen LogP contribution < -0.4 is 5.32 Å². The fourth-order valence-corrected chi connectivity index (χ4v) is 2.18. The predicted molar refractivity (Wildman–Crippen MR) is 68.4 cm³/mol. The number of carbonyl (C=O) groups is 1. The van der Waals surface area contributed by atoms with Crippen molar-refractivity contribution in [2.24, 2.45) is 5.92 Å². The van der Waals surface area contributed by atoms with E-state index in [1.165, 1.54) is 0 Å². The molecule has 1 saturated carbocycles. The summed E-state index contributed by atoms with van der Waals surface area (Å²) in [5, 5.41) is 11.0. The van der Waals surface area contributed by atoms with Gasteiger partial charge >= 0.3 is 12.3 Å². The van der Waals surface area contributed by atoms with E-state index in [9.17, 15) is 18.0 Å². The van der Waals surface area contributed by atoms with Crippen molar-refractivity contribution in [3.05, 3.63) is 35.9 Å². The van der Waals surface area contributed by atoms with E-state index in [1.54, 1.807) is 30.3 Å². The molecular formula is C14H16F3NO3. The van der Waals surface area contributed by atoms with Gasteiger partial charge in [-0.3, -0.25) is 0 Å². The minimum Gasteiger partial charge on any atom is -0.445 e. The van der Waals surface area contributed by atoms with Gasteiger partial charge in [0.05, 0.1) is 6.61 Å². The van der Waals surface area contributed by atoms with Gasteiger partial charge in [0.25, 0.3) is 0 Å². The number of rotatable bonds is 5. The lowest BCUT2D eigenvalue weighted by molar-refractivity contribution is -0.211. The summed E-state index contributed by atoms with van der Waals surface area (Å²) in [6, 6.07) is 8.62. The monoisotopic (exact) mass is 303 g/mol. The number of alkyl halides is 3. The number of benzene rings is 1. The number of aliphatic hydroxyl groups excluding tert-OH is 1. The first kappa shape index (κ1) is 15.6. The Morgan fingerprint density at radius 3 is 2.38 bits per heavy atom. The Labute approximate surface area is 119 Å². The van der Waals surface area contributed by atoms with Gasteiger partial charge in [0.15, 0.2) is 5.54 Å². The van der Waals surface area contributed by atoms with Crippen LogP contribution >= 0.6 is 0 Å². The van der Waals surface area contributed by atoms with Crippen LogP contribution in [0.3, 0.4) is 0 Å². The zero-order valence-electron chi connectivity index (χ0n) is 11.2. The minimum absolute atomic E-state index is 0.128. The lowest BCUT2D eigenvalue weighted by Crippen LogP contribution is -2.63. The Bertz CT molecular complexity index is 488. The number of hydrogen-bond donors (Lipinski definition) is 2. The molecule has 1 amide bonds. The summed E-state index contributed by atoms with van der Waals surface area (Å²) in [4.78, 5) is 11.6. The second-order valence-corrected chi connectivity index (χ2v) is 5.09. The number of nitrogens with one attached hydrogen (secondary N) is 1. The van der Waals surface area contributed by atoms with Crippen molar-refractivity contribution in [3.8, 4) is 0 Å². The van der Waals surface area contributed by atoms with E-state index in [4.69, 9.17) is 9.84 Å². The van der Waals surface area contributed by atoms with E-state index in [1.807, 2.05) is 5.32 Å². The number of ether oxygens (including phenoxy) is 1. The zero-order valence-corrected chi connectivity index (χ0v) is 11.2. The van der Waals surface area contributed by atoms with E-state index in [0.717, 1.165) is 0 Å². The van der Waals surface area contributed by atoms with E-state index in [2.05, 4.69) is 0 Å². The number of aliphatic hydroxyl groups is 1. The molecule has 7 heteroatoms. The lowest BCUT2D eigenvalue weighted by atomic mass is 9.93. The van der Waals surface area contributed by atoms with Crippen LogP contribution in [0.5, 0.6) is 0 Å². The maximum Gasteiger partial charge on any atom is 0.414 e. The van der Waals surface area contributed by atoms with Gasteiger partial charge in [-0.15, -0.1) is 0 Å². The predicted octanol–water partition coefficient (Wildman–Crippen LogP) is 2.62. The molecule has 1 aromatic carbocycles. The van der Waals surface area contributed by atoms with Crippen molar-refractivity contribution in [1.29, 1.82) is 0 Å². The summed E-state index contributed by atoms with van der Waals surface area (Å²) < 4.78 is 44.3. The molecule has 116 valence electrons. The average Bonchev–Trinajstić information content (AvgIpc) is 3.27. The van der Waals surface area contributed by atoms with E-state index in [0.29, 0.717) is 18.4 Å². The number of hydrogen-bond acceptors (Lipinski definition) is 3.